The van der Waals surface area contributed by atoms with Gasteiger partial charge in [-0.25, -0.2) is 0 Å². The molecule has 0 N–H and O–H groups in total. The maximum atomic E-state index is 4.10. The van der Waals surface area contributed by atoms with Gasteiger partial charge in [-0.3, -0.25) is 4.98 Å². The molecule has 1 fully saturated rings. The molecule has 78 valence electrons. The van der Waals surface area contributed by atoms with E-state index >= 15 is 0 Å². The molecule has 14 heavy (non-hydrogen) atoms. The van der Waals surface area contributed by atoms with Crippen molar-refractivity contribution in [3.8, 4) is 0 Å². The number of likely N-dealkylation sites (N-methyl/N-ethyl adjacent to an activating group) is 1. The van der Waals surface area contributed by atoms with Crippen molar-refractivity contribution in [1.29, 1.82) is 0 Å². The van der Waals surface area contributed by atoms with E-state index in [0.29, 0.717) is 0 Å². The number of hydrogen-bond donors (Lipinski definition) is 0. The lowest BCUT2D eigenvalue weighted by Crippen LogP contribution is -2.45. The second-order valence-electron chi connectivity index (χ2n) is 3.49. The van der Waals surface area contributed by atoms with E-state index in [-0.39, 0.29) is 0 Å². The number of hydrogen-bond acceptors (Lipinski definition) is 2. The van der Waals surface area contributed by atoms with Crippen molar-refractivity contribution in [2.75, 3.05) is 13.6 Å². The molecule has 0 aromatic carbocycles. The quantitative estimate of drug-likeness (QED) is 0.715. The number of nitrogens with zero attached hydrogens (tertiary/aromatic N) is 2. The minimum atomic E-state index is 0.759. The zero-order valence-corrected chi connectivity index (χ0v) is 9.40. The molecule has 0 aliphatic carbocycles. The van der Waals surface area contributed by atoms with Crippen molar-refractivity contribution in [1.82, 2.24) is 9.88 Å². The van der Waals surface area contributed by atoms with Gasteiger partial charge in [-0.2, -0.15) is 0 Å². The first kappa shape index (κ1) is 11.2. The smallest absolute Gasteiger partial charge is 0.0300 e. The highest BCUT2D eigenvalue weighted by molar-refractivity contribution is 5.11. The lowest BCUT2D eigenvalue weighted by Gasteiger charge is -2.37. The van der Waals surface area contributed by atoms with Gasteiger partial charge in [0.15, 0.2) is 0 Å². The fraction of sp³-hybridized carbons (Fsp3) is 0.583. The fourth-order valence-electron chi connectivity index (χ4n) is 1.62. The summed E-state index contributed by atoms with van der Waals surface area (Å²) >= 11 is 0. The van der Waals surface area contributed by atoms with Crippen LogP contribution in [0.1, 0.15) is 25.8 Å². The van der Waals surface area contributed by atoms with Gasteiger partial charge in [0.2, 0.25) is 0 Å². The van der Waals surface area contributed by atoms with Gasteiger partial charge in [-0.05, 0) is 38.1 Å². The molecule has 0 amide bonds. The number of aromatic nitrogens is 1. The molecule has 1 unspecified atom stereocenters. The second-order valence-corrected chi connectivity index (χ2v) is 3.49. The average Bonchev–Trinajstić information content (AvgIpc) is 2.28. The summed E-state index contributed by atoms with van der Waals surface area (Å²) in [7, 11) is 2.19. The minimum absolute atomic E-state index is 0.759. The van der Waals surface area contributed by atoms with Crippen LogP contribution in [-0.4, -0.2) is 29.5 Å². The van der Waals surface area contributed by atoms with Crippen molar-refractivity contribution in [2.24, 2.45) is 0 Å². The molecule has 0 radical (unpaired) electrons. The molecule has 1 aromatic heterocycles. The third kappa shape index (κ3) is 2.81. The van der Waals surface area contributed by atoms with Gasteiger partial charge in [0.25, 0.3) is 0 Å². The summed E-state index contributed by atoms with van der Waals surface area (Å²) < 4.78 is 0. The minimum Gasteiger partial charge on any atom is -0.303 e. The lowest BCUT2D eigenvalue weighted by atomic mass is 9.97. The highest BCUT2D eigenvalue weighted by atomic mass is 15.2. The Labute approximate surface area is 87.0 Å². The largest absolute Gasteiger partial charge is 0.303 e. The van der Waals surface area contributed by atoms with Gasteiger partial charge in [-0.1, -0.05) is 19.9 Å². The highest BCUT2D eigenvalue weighted by Crippen LogP contribution is 2.18. The van der Waals surface area contributed by atoms with Gasteiger partial charge in [0.1, 0.15) is 0 Å². The molecule has 2 nitrogen and oxygen atoms in total. The van der Waals surface area contributed by atoms with Crippen molar-refractivity contribution in [3.63, 3.8) is 0 Å². The molecule has 2 rings (SSSR count). The summed E-state index contributed by atoms with van der Waals surface area (Å²) in [6.07, 6.45) is 6.29. The van der Waals surface area contributed by atoms with Crippen LogP contribution in [0, 0.1) is 0 Å². The maximum Gasteiger partial charge on any atom is 0.0300 e. The summed E-state index contributed by atoms with van der Waals surface area (Å²) in [6.45, 7) is 5.25. The Morgan fingerprint density at radius 1 is 1.50 bits per heavy atom. The van der Waals surface area contributed by atoms with E-state index in [1.807, 2.05) is 32.3 Å². The molecular weight excluding hydrogens is 172 g/mol. The molecule has 1 aromatic rings. The Hall–Kier alpha value is -0.890. The molecule has 0 saturated carbocycles. The van der Waals surface area contributed by atoms with Crippen LogP contribution in [0.15, 0.2) is 24.5 Å². The van der Waals surface area contributed by atoms with E-state index in [1.54, 1.807) is 0 Å². The van der Waals surface area contributed by atoms with Crippen LogP contribution >= 0.6 is 0 Å². The normalized spacial score (nSPS) is 20.6. The van der Waals surface area contributed by atoms with Crippen molar-refractivity contribution in [3.05, 3.63) is 30.1 Å². The van der Waals surface area contributed by atoms with Gasteiger partial charge in [-0.15, -0.1) is 0 Å². The van der Waals surface area contributed by atoms with E-state index in [9.17, 15) is 0 Å². The van der Waals surface area contributed by atoms with E-state index in [0.717, 1.165) is 12.5 Å². The lowest BCUT2D eigenvalue weighted by molar-refractivity contribution is 0.126. The Kier molecular flexibility index (Phi) is 4.60. The van der Waals surface area contributed by atoms with Gasteiger partial charge < -0.3 is 4.90 Å². The van der Waals surface area contributed by atoms with Crippen molar-refractivity contribution >= 4 is 0 Å². The number of pyridine rings is 1. The summed E-state index contributed by atoms with van der Waals surface area (Å²) in [5.74, 6) is 0. The zero-order chi connectivity index (χ0) is 10.4. The summed E-state index contributed by atoms with van der Waals surface area (Å²) in [4.78, 5) is 6.50. The second kappa shape index (κ2) is 5.76. The van der Waals surface area contributed by atoms with Crippen molar-refractivity contribution in [2.45, 2.75) is 32.7 Å². The first-order chi connectivity index (χ1) is 6.86. The zero-order valence-electron chi connectivity index (χ0n) is 9.40. The Bertz CT molecular complexity index is 246. The molecule has 2 heterocycles. The van der Waals surface area contributed by atoms with Crippen LogP contribution < -0.4 is 0 Å². The van der Waals surface area contributed by atoms with E-state index < -0.39 is 0 Å². The third-order valence-corrected chi connectivity index (χ3v) is 2.63. The SMILES string of the molecule is CC.CN1CCC1Cc1cccnc1. The van der Waals surface area contributed by atoms with E-state index in [4.69, 9.17) is 0 Å². The topological polar surface area (TPSA) is 16.1 Å². The fourth-order valence-corrected chi connectivity index (χ4v) is 1.62. The Morgan fingerprint density at radius 3 is 2.71 bits per heavy atom. The van der Waals surface area contributed by atoms with E-state index in [2.05, 4.69) is 23.0 Å². The monoisotopic (exact) mass is 192 g/mol. The van der Waals surface area contributed by atoms with Crippen LogP contribution in [0.5, 0.6) is 0 Å². The molecular formula is C12H20N2. The van der Waals surface area contributed by atoms with Gasteiger partial charge in [0.05, 0.1) is 0 Å². The molecule has 1 aliphatic rings. The predicted molar refractivity (Wildman–Crippen MR) is 60.3 cm³/mol. The number of rotatable bonds is 2. The molecule has 1 aliphatic heterocycles. The Balaban J connectivity index is 0.000000461. The summed E-state index contributed by atoms with van der Waals surface area (Å²) in [5.41, 5.74) is 1.36. The molecule has 2 heteroatoms. The molecule has 0 bridgehead atoms. The molecule has 1 saturated heterocycles. The van der Waals surface area contributed by atoms with Crippen LogP contribution in [0.4, 0.5) is 0 Å². The third-order valence-electron chi connectivity index (χ3n) is 2.63. The standard InChI is InChI=1S/C10H14N2.C2H6/c1-12-6-4-10(12)7-9-3-2-5-11-8-9;1-2/h2-3,5,8,10H,4,6-7H2,1H3;1-2H3. The van der Waals surface area contributed by atoms with Gasteiger partial charge in [0, 0.05) is 18.4 Å². The summed E-state index contributed by atoms with van der Waals surface area (Å²) in [5, 5.41) is 0. The maximum absolute atomic E-state index is 4.10. The average molecular weight is 192 g/mol. The first-order valence-corrected chi connectivity index (χ1v) is 5.45. The summed E-state index contributed by atoms with van der Waals surface area (Å²) in [6, 6.07) is 4.92. The Morgan fingerprint density at radius 2 is 2.29 bits per heavy atom. The van der Waals surface area contributed by atoms with Gasteiger partial charge >= 0.3 is 0 Å². The molecule has 0 spiro atoms. The first-order valence-electron chi connectivity index (χ1n) is 5.45. The molecule has 1 atom stereocenters. The van der Waals surface area contributed by atoms with Crippen molar-refractivity contribution < 1.29 is 0 Å². The highest BCUT2D eigenvalue weighted by Gasteiger charge is 2.23. The predicted octanol–water partition coefficient (Wildman–Crippen LogP) is 2.35. The van der Waals surface area contributed by atoms with Crippen LogP contribution in [0.3, 0.4) is 0 Å². The van der Waals surface area contributed by atoms with Crippen LogP contribution in [-0.2, 0) is 6.42 Å². The van der Waals surface area contributed by atoms with E-state index in [1.165, 1.54) is 18.5 Å². The number of likely N-dealkylation sites (tertiary alicyclic amines) is 1. The van der Waals surface area contributed by atoms with Crippen LogP contribution in [0.2, 0.25) is 0 Å². The van der Waals surface area contributed by atoms with Crippen LogP contribution in [0.25, 0.3) is 0 Å².